The second kappa shape index (κ2) is 15.8. The van der Waals surface area contributed by atoms with Crippen LogP contribution in [0.25, 0.3) is 0 Å². The number of rotatable bonds is 13. The zero-order valence-electron chi connectivity index (χ0n) is 28.2. The van der Waals surface area contributed by atoms with Gasteiger partial charge in [0.15, 0.2) is 0 Å². The number of nitrogens with one attached hydrogen (secondary N) is 1. The van der Waals surface area contributed by atoms with E-state index in [0.717, 1.165) is 15.9 Å². The van der Waals surface area contributed by atoms with E-state index < -0.39 is 38.0 Å². The number of hydrogen-bond acceptors (Lipinski definition) is 4. The molecule has 45 heavy (non-hydrogen) atoms. The molecule has 0 aliphatic rings. The van der Waals surface area contributed by atoms with E-state index in [-0.39, 0.29) is 29.9 Å². The van der Waals surface area contributed by atoms with E-state index in [1.165, 1.54) is 6.08 Å². The average molecular weight is 634 g/mol. The van der Waals surface area contributed by atoms with Gasteiger partial charge in [-0.15, -0.1) is 0 Å². The Balaban J connectivity index is 1.96. The van der Waals surface area contributed by atoms with Crippen molar-refractivity contribution in [2.45, 2.75) is 91.0 Å². The number of ether oxygens (including phenoxy) is 1. The first kappa shape index (κ1) is 36.2. The molecule has 0 bridgehead atoms. The molecule has 0 aliphatic heterocycles. The molecule has 1 amide bonds. The van der Waals surface area contributed by atoms with Crippen molar-refractivity contribution in [3.05, 3.63) is 108 Å². The van der Waals surface area contributed by atoms with Gasteiger partial charge >= 0.3 is 6.09 Å². The van der Waals surface area contributed by atoms with E-state index in [1.807, 2.05) is 66.7 Å². The minimum Gasteiger partial charge on any atom is -0.444 e. The van der Waals surface area contributed by atoms with Crippen molar-refractivity contribution in [3.8, 4) is 0 Å². The largest absolute Gasteiger partial charge is 0.444 e. The molecule has 0 fully saturated rings. The summed E-state index contributed by atoms with van der Waals surface area (Å²) >= 11 is 0. The molecule has 3 aromatic carbocycles. The molecule has 0 heterocycles. The molecule has 0 radical (unpaired) electrons. The lowest BCUT2D eigenvalue weighted by molar-refractivity contribution is 0.0434. The molecule has 7 heteroatoms. The van der Waals surface area contributed by atoms with Gasteiger partial charge in [-0.2, -0.15) is 0 Å². The van der Waals surface area contributed by atoms with Gasteiger partial charge in [0.1, 0.15) is 17.5 Å². The van der Waals surface area contributed by atoms with E-state index in [1.54, 1.807) is 20.8 Å². The molecule has 0 spiro atoms. The number of carbonyl (C=O) groups is 1. The molecule has 244 valence electrons. The van der Waals surface area contributed by atoms with Crippen molar-refractivity contribution in [1.29, 1.82) is 0 Å². The Morgan fingerprint density at radius 2 is 1.36 bits per heavy atom. The number of aliphatic hydroxyl groups excluding tert-OH is 1. The third-order valence-electron chi connectivity index (χ3n) is 7.76. The number of amides is 1. The zero-order valence-corrected chi connectivity index (χ0v) is 29.2. The maximum absolute atomic E-state index is 16.1. The maximum atomic E-state index is 16.1. The molecule has 3 rings (SSSR count). The molecule has 0 aromatic heterocycles. The summed E-state index contributed by atoms with van der Waals surface area (Å²) in [5.74, 6) is -0.733. The van der Waals surface area contributed by atoms with Gasteiger partial charge in [0.2, 0.25) is 0 Å². The first-order valence-corrected chi connectivity index (χ1v) is 17.9. The molecule has 5 nitrogen and oxygen atoms in total. The average Bonchev–Trinajstić information content (AvgIpc) is 2.96. The van der Waals surface area contributed by atoms with Crippen LogP contribution >= 0.6 is 0 Å². The second-order valence-corrected chi connectivity index (χ2v) is 18.6. The lowest BCUT2D eigenvalue weighted by Crippen LogP contribution is -2.66. The fourth-order valence-electron chi connectivity index (χ4n) is 5.87. The molecule has 3 atom stereocenters. The minimum absolute atomic E-state index is 0.224. The van der Waals surface area contributed by atoms with E-state index >= 15 is 4.39 Å². The molecule has 2 N–H and O–H groups in total. The summed E-state index contributed by atoms with van der Waals surface area (Å²) in [4.78, 5) is 12.7. The van der Waals surface area contributed by atoms with Gasteiger partial charge in [-0.3, -0.25) is 0 Å². The molecule has 0 saturated carbocycles. The highest BCUT2D eigenvalue weighted by Gasteiger charge is 2.50. The summed E-state index contributed by atoms with van der Waals surface area (Å²) in [7, 11) is -2.85. The van der Waals surface area contributed by atoms with Crippen LogP contribution in [-0.2, 0) is 15.6 Å². The summed E-state index contributed by atoms with van der Waals surface area (Å²) in [6, 6.07) is 29.2. The monoisotopic (exact) mass is 633 g/mol. The predicted octanol–water partition coefficient (Wildman–Crippen LogP) is 7.58. The third-order valence-corrected chi connectivity index (χ3v) is 12.8. The van der Waals surface area contributed by atoms with Crippen LogP contribution in [0.2, 0.25) is 5.04 Å². The topological polar surface area (TPSA) is 67.8 Å². The quantitative estimate of drug-likeness (QED) is 0.191. The zero-order chi connectivity index (χ0) is 33.3. The van der Waals surface area contributed by atoms with Crippen LogP contribution in [0.3, 0.4) is 0 Å². The lowest BCUT2D eigenvalue weighted by Gasteiger charge is -2.43. The second-order valence-electron chi connectivity index (χ2n) is 14.3. The number of halogens is 1. The molecule has 0 saturated heterocycles. The highest BCUT2D eigenvalue weighted by Crippen LogP contribution is 2.37. The minimum atomic E-state index is -2.85. The van der Waals surface area contributed by atoms with Crippen molar-refractivity contribution < 1.29 is 23.5 Å². The van der Waals surface area contributed by atoms with E-state index in [0.29, 0.717) is 6.42 Å². The number of aliphatic hydroxyl groups is 1. The van der Waals surface area contributed by atoms with Crippen LogP contribution in [0.15, 0.2) is 103 Å². The van der Waals surface area contributed by atoms with Crippen LogP contribution < -0.4 is 15.7 Å². The van der Waals surface area contributed by atoms with Crippen LogP contribution in [0.4, 0.5) is 9.18 Å². The van der Waals surface area contributed by atoms with Crippen molar-refractivity contribution in [2.75, 3.05) is 6.61 Å². The summed E-state index contributed by atoms with van der Waals surface area (Å²) in [6.45, 7) is 16.4. The summed E-state index contributed by atoms with van der Waals surface area (Å²) < 4.78 is 28.7. The third kappa shape index (κ3) is 10.4. The smallest absolute Gasteiger partial charge is 0.407 e. The summed E-state index contributed by atoms with van der Waals surface area (Å²) in [6.07, 6.45) is 0.123. The fourth-order valence-corrected chi connectivity index (χ4v) is 10.5. The maximum Gasteiger partial charge on any atom is 0.407 e. The highest BCUT2D eigenvalue weighted by atomic mass is 28.4. The SMILES string of the molecule is CC(C)C[C@H](/C=C(/F)C(O)[C@@H](Cc1ccccc1)NC(=O)OC(C)(C)C)CO[Si](c1ccccc1)(c1ccccc1)C(C)(C)C. The van der Waals surface area contributed by atoms with E-state index in [4.69, 9.17) is 9.16 Å². The molecule has 1 unspecified atom stereocenters. The fraction of sp³-hybridized carbons (Fsp3) is 0.447. The molecule has 0 aliphatic carbocycles. The van der Waals surface area contributed by atoms with Crippen LogP contribution in [0, 0.1) is 11.8 Å². The molecular weight excluding hydrogens is 582 g/mol. The normalized spacial score (nSPS) is 15.0. The van der Waals surface area contributed by atoms with Gasteiger partial charge in [0.05, 0.1) is 6.04 Å². The Morgan fingerprint density at radius 3 is 1.80 bits per heavy atom. The van der Waals surface area contributed by atoms with E-state index in [2.05, 4.69) is 64.2 Å². The van der Waals surface area contributed by atoms with Gasteiger partial charge in [0.25, 0.3) is 8.32 Å². The van der Waals surface area contributed by atoms with Gasteiger partial charge in [0, 0.05) is 12.5 Å². The Morgan fingerprint density at radius 1 is 0.867 bits per heavy atom. The molecule has 3 aromatic rings. The van der Waals surface area contributed by atoms with Crippen LogP contribution in [-0.4, -0.2) is 43.9 Å². The van der Waals surface area contributed by atoms with Gasteiger partial charge < -0.3 is 19.6 Å². The number of carbonyl (C=O) groups excluding carboxylic acids is 1. The van der Waals surface area contributed by atoms with Crippen molar-refractivity contribution >= 4 is 24.8 Å². The number of hydrogen-bond donors (Lipinski definition) is 2. The van der Waals surface area contributed by atoms with Gasteiger partial charge in [-0.1, -0.05) is 126 Å². The van der Waals surface area contributed by atoms with Crippen LogP contribution in [0.5, 0.6) is 0 Å². The Labute approximate surface area is 271 Å². The van der Waals surface area contributed by atoms with Gasteiger partial charge in [-0.05, 0) is 66.6 Å². The Hall–Kier alpha value is -3.26. The number of benzene rings is 3. The lowest BCUT2D eigenvalue weighted by atomic mass is 9.94. The summed E-state index contributed by atoms with van der Waals surface area (Å²) in [5, 5.41) is 16.1. The predicted molar refractivity (Wildman–Crippen MR) is 185 cm³/mol. The van der Waals surface area contributed by atoms with Crippen molar-refractivity contribution in [2.24, 2.45) is 11.8 Å². The standard InChI is InChI=1S/C38H52FNO4Si/c1-28(2)24-30(27-43-45(38(6,7)8,31-20-14-10-15-21-31)32-22-16-11-17-23-32)25-33(39)35(41)34(26-29-18-12-9-13-19-29)40-36(42)44-37(3,4)5/h9-23,25,28,30,34-35,41H,24,26-27H2,1-8H3,(H,40,42)/b33-25+/t30-,34-,35?/m1/s1. The first-order chi connectivity index (χ1) is 21.1. The van der Waals surface area contributed by atoms with E-state index in [9.17, 15) is 9.90 Å². The number of alkyl carbamates (subject to hydrolysis) is 1. The van der Waals surface area contributed by atoms with Gasteiger partial charge in [-0.25, -0.2) is 9.18 Å². The Bertz CT molecular complexity index is 1310. The van der Waals surface area contributed by atoms with Crippen molar-refractivity contribution in [3.63, 3.8) is 0 Å². The first-order valence-electron chi connectivity index (χ1n) is 16.0. The summed E-state index contributed by atoms with van der Waals surface area (Å²) in [5.41, 5.74) is 0.126. The van der Waals surface area contributed by atoms with Crippen molar-refractivity contribution in [1.82, 2.24) is 5.32 Å². The highest BCUT2D eigenvalue weighted by molar-refractivity contribution is 6.99. The Kier molecular flexibility index (Phi) is 12.7. The van der Waals surface area contributed by atoms with Crippen LogP contribution in [0.1, 0.15) is 67.4 Å². The molecular formula is C38H52FNO4Si.